The van der Waals surface area contributed by atoms with E-state index >= 15 is 0 Å². The van der Waals surface area contributed by atoms with Gasteiger partial charge in [-0.05, 0) is 43.0 Å². The molecule has 8 heteroatoms. The number of ether oxygens (including phenoxy) is 1. The van der Waals surface area contributed by atoms with Gasteiger partial charge in [-0.2, -0.15) is 0 Å². The first-order chi connectivity index (χ1) is 12.3. The van der Waals surface area contributed by atoms with Crippen LogP contribution in [0.2, 0.25) is 0 Å². The Morgan fingerprint density at radius 3 is 2.69 bits per heavy atom. The van der Waals surface area contributed by atoms with Crippen molar-refractivity contribution in [3.63, 3.8) is 0 Å². The van der Waals surface area contributed by atoms with Crippen LogP contribution in [-0.4, -0.2) is 55.0 Å². The van der Waals surface area contributed by atoms with Gasteiger partial charge in [-0.1, -0.05) is 28.1 Å². The molecule has 5 nitrogen and oxygen atoms in total. The molecule has 3 rings (SSSR count). The van der Waals surface area contributed by atoms with E-state index in [4.69, 9.17) is 0 Å². The van der Waals surface area contributed by atoms with Crippen LogP contribution >= 0.6 is 15.9 Å². The van der Waals surface area contributed by atoms with E-state index in [0.29, 0.717) is 13.0 Å². The van der Waals surface area contributed by atoms with Crippen LogP contribution in [0.5, 0.6) is 0 Å². The number of halogens is 3. The lowest BCUT2D eigenvalue weighted by atomic mass is 9.96. The van der Waals surface area contributed by atoms with Crippen molar-refractivity contribution in [3.8, 4) is 0 Å². The summed E-state index contributed by atoms with van der Waals surface area (Å²) < 4.78 is 33.1. The summed E-state index contributed by atoms with van der Waals surface area (Å²) in [4.78, 5) is 25.5. The summed E-state index contributed by atoms with van der Waals surface area (Å²) in [5.74, 6) is -4.06. The molecule has 2 saturated heterocycles. The monoisotopic (exact) mass is 430 g/mol. The minimum Gasteiger partial charge on any atom is -0.467 e. The van der Waals surface area contributed by atoms with Gasteiger partial charge >= 0.3 is 5.97 Å². The Morgan fingerprint density at radius 2 is 2.04 bits per heavy atom. The molecule has 1 aromatic carbocycles. The third kappa shape index (κ3) is 4.23. The smallest absolute Gasteiger partial charge is 0.328 e. The third-order valence-corrected chi connectivity index (χ3v) is 5.51. The Labute approximate surface area is 159 Å². The van der Waals surface area contributed by atoms with E-state index in [1.54, 1.807) is 0 Å². The number of nitrogens with one attached hydrogen (secondary N) is 1. The second kappa shape index (κ2) is 7.60. The summed E-state index contributed by atoms with van der Waals surface area (Å²) in [5.41, 5.74) is 1.16. The molecule has 2 aliphatic rings. The number of benzene rings is 1. The van der Waals surface area contributed by atoms with Gasteiger partial charge in [-0.25, -0.2) is 13.6 Å². The van der Waals surface area contributed by atoms with E-state index in [-0.39, 0.29) is 5.92 Å². The van der Waals surface area contributed by atoms with Crippen molar-refractivity contribution in [2.24, 2.45) is 5.92 Å². The minimum atomic E-state index is -3.07. The first-order valence-electron chi connectivity index (χ1n) is 8.53. The number of hydrogen-bond acceptors (Lipinski definition) is 4. The van der Waals surface area contributed by atoms with Gasteiger partial charge < -0.3 is 15.0 Å². The molecule has 1 N–H and O–H groups in total. The molecule has 1 aromatic rings. The van der Waals surface area contributed by atoms with Crippen molar-refractivity contribution in [1.29, 1.82) is 0 Å². The first kappa shape index (κ1) is 19.2. The molecule has 142 valence electrons. The van der Waals surface area contributed by atoms with Gasteiger partial charge in [-0.15, -0.1) is 0 Å². The first-order valence-corrected chi connectivity index (χ1v) is 9.32. The summed E-state index contributed by atoms with van der Waals surface area (Å²) in [6.07, 6.45) is 0.686. The molecule has 0 saturated carbocycles. The number of esters is 1. The van der Waals surface area contributed by atoms with Crippen molar-refractivity contribution in [3.05, 3.63) is 34.3 Å². The third-order valence-electron chi connectivity index (χ3n) is 4.98. The summed E-state index contributed by atoms with van der Waals surface area (Å²) >= 11 is 3.40. The summed E-state index contributed by atoms with van der Waals surface area (Å²) in [6.45, 7) is -0.0965. The maximum Gasteiger partial charge on any atom is 0.328 e. The van der Waals surface area contributed by atoms with Crippen LogP contribution in [0.4, 0.5) is 8.78 Å². The van der Waals surface area contributed by atoms with Crippen LogP contribution in [-0.2, 0) is 20.7 Å². The Bertz CT molecular complexity index is 684. The highest BCUT2D eigenvalue weighted by Crippen LogP contribution is 2.34. The van der Waals surface area contributed by atoms with Crippen LogP contribution < -0.4 is 5.32 Å². The van der Waals surface area contributed by atoms with Gasteiger partial charge in [0.2, 0.25) is 5.91 Å². The molecule has 1 amide bonds. The van der Waals surface area contributed by atoms with Crippen molar-refractivity contribution in [2.45, 2.75) is 37.3 Å². The largest absolute Gasteiger partial charge is 0.467 e. The Balaban J connectivity index is 1.63. The van der Waals surface area contributed by atoms with E-state index in [9.17, 15) is 18.4 Å². The number of amides is 1. The Morgan fingerprint density at radius 1 is 1.35 bits per heavy atom. The number of likely N-dealkylation sites (tertiary alicyclic amines) is 1. The van der Waals surface area contributed by atoms with Gasteiger partial charge in [0.05, 0.1) is 19.7 Å². The molecule has 0 aromatic heterocycles. The van der Waals surface area contributed by atoms with Crippen molar-refractivity contribution in [1.82, 2.24) is 10.2 Å². The summed E-state index contributed by atoms with van der Waals surface area (Å²) in [6, 6.07) is 6.22. The molecule has 2 fully saturated rings. The van der Waals surface area contributed by atoms with Gasteiger partial charge in [0.1, 0.15) is 6.04 Å². The normalized spacial score (nSPS) is 27.5. The molecule has 0 bridgehead atoms. The average Bonchev–Trinajstić information content (AvgIpc) is 3.19. The average molecular weight is 431 g/mol. The van der Waals surface area contributed by atoms with E-state index in [1.165, 1.54) is 0 Å². The zero-order valence-corrected chi connectivity index (χ0v) is 16.0. The van der Waals surface area contributed by atoms with Crippen LogP contribution in [0, 0.1) is 5.92 Å². The number of nitrogens with zero attached hydrogens (tertiary/aromatic N) is 1. The highest BCUT2D eigenvalue weighted by atomic mass is 79.9. The zero-order chi connectivity index (χ0) is 18.9. The van der Waals surface area contributed by atoms with Gasteiger partial charge in [0.15, 0.2) is 0 Å². The topological polar surface area (TPSA) is 58.6 Å². The molecule has 0 aliphatic carbocycles. The fourth-order valence-electron chi connectivity index (χ4n) is 3.70. The molecule has 0 radical (unpaired) electrons. The van der Waals surface area contributed by atoms with Crippen LogP contribution in [0.15, 0.2) is 28.7 Å². The number of carbonyl (C=O) groups excluding carboxylic acids is 2. The fraction of sp³-hybridized carbons (Fsp3) is 0.556. The van der Waals surface area contributed by atoms with Crippen molar-refractivity contribution in [2.75, 3.05) is 20.2 Å². The standard InChI is InChI=1S/C18H21BrF2N2O3/c1-26-17(25)15-8-18(20,21)10-23(15)16(24)14-7-12(9-22-14)6-11-2-4-13(19)5-3-11/h2-5,12,14-15,22H,6-10H2,1H3/t12-,14+,15-/m1/s1. The molecular weight excluding hydrogens is 410 g/mol. The Hall–Kier alpha value is -1.54. The van der Waals surface area contributed by atoms with Gasteiger partial charge in [-0.3, -0.25) is 4.79 Å². The van der Waals surface area contributed by atoms with E-state index < -0.39 is 42.8 Å². The highest BCUT2D eigenvalue weighted by Gasteiger charge is 2.52. The molecule has 0 unspecified atom stereocenters. The maximum atomic E-state index is 13.8. The van der Waals surface area contributed by atoms with Crippen LogP contribution in [0.1, 0.15) is 18.4 Å². The van der Waals surface area contributed by atoms with E-state index in [1.807, 2.05) is 24.3 Å². The van der Waals surface area contributed by atoms with Gasteiger partial charge in [0.25, 0.3) is 5.92 Å². The highest BCUT2D eigenvalue weighted by molar-refractivity contribution is 9.10. The molecule has 0 spiro atoms. The van der Waals surface area contributed by atoms with Crippen molar-refractivity contribution >= 4 is 27.8 Å². The van der Waals surface area contributed by atoms with E-state index in [0.717, 1.165) is 28.5 Å². The lowest BCUT2D eigenvalue weighted by Crippen LogP contribution is -2.48. The SMILES string of the molecule is COC(=O)[C@H]1CC(F)(F)CN1C(=O)[C@@H]1C[C@@H](Cc2ccc(Br)cc2)CN1. The predicted molar refractivity (Wildman–Crippen MR) is 94.8 cm³/mol. The number of methoxy groups -OCH3 is 1. The summed E-state index contributed by atoms with van der Waals surface area (Å²) in [7, 11) is 1.14. The molecule has 2 aliphatic heterocycles. The second-order valence-corrected chi connectivity index (χ2v) is 7.87. The number of carbonyl (C=O) groups is 2. The number of alkyl halides is 2. The summed E-state index contributed by atoms with van der Waals surface area (Å²) in [5, 5.41) is 3.12. The Kier molecular flexibility index (Phi) is 5.62. The van der Waals surface area contributed by atoms with Crippen molar-refractivity contribution < 1.29 is 23.1 Å². The quantitative estimate of drug-likeness (QED) is 0.744. The second-order valence-electron chi connectivity index (χ2n) is 6.96. The number of rotatable bonds is 4. The maximum absolute atomic E-state index is 13.8. The van der Waals surface area contributed by atoms with Gasteiger partial charge in [0, 0.05) is 10.9 Å². The number of hydrogen-bond donors (Lipinski definition) is 1. The minimum absolute atomic E-state index is 0.241. The van der Waals surface area contributed by atoms with E-state index in [2.05, 4.69) is 26.0 Å². The molecular formula is C18H21BrF2N2O3. The fourth-order valence-corrected chi connectivity index (χ4v) is 3.97. The van der Waals surface area contributed by atoms with Crippen LogP contribution in [0.3, 0.4) is 0 Å². The molecule has 26 heavy (non-hydrogen) atoms. The molecule has 3 atom stereocenters. The van der Waals surface area contributed by atoms with Crippen LogP contribution in [0.25, 0.3) is 0 Å². The predicted octanol–water partition coefficient (Wildman–Crippen LogP) is 2.38. The zero-order valence-electron chi connectivity index (χ0n) is 14.4. The molecule has 2 heterocycles. The lowest BCUT2D eigenvalue weighted by Gasteiger charge is -2.25. The lowest BCUT2D eigenvalue weighted by molar-refractivity contribution is -0.151.